The predicted octanol–water partition coefficient (Wildman–Crippen LogP) is 4.64. The normalized spacial score (nSPS) is 12.0. The number of halogens is 2. The molecule has 0 aliphatic heterocycles. The van der Waals surface area contributed by atoms with Crippen LogP contribution in [-0.2, 0) is 22.1 Å². The summed E-state index contributed by atoms with van der Waals surface area (Å²) in [6.45, 7) is 9.82. The molecule has 148 valence electrons. The van der Waals surface area contributed by atoms with E-state index in [1.54, 1.807) is 14.2 Å². The lowest BCUT2D eigenvalue weighted by Crippen LogP contribution is -2.46. The van der Waals surface area contributed by atoms with Crippen molar-refractivity contribution in [2.45, 2.75) is 52.2 Å². The number of hydrogen-bond donors (Lipinski definition) is 0. The lowest BCUT2D eigenvalue weighted by Gasteiger charge is -2.28. The molecular formula is C15H36Cl2O5Si2. The highest BCUT2D eigenvalue weighted by Crippen LogP contribution is 2.18. The Balaban J connectivity index is 0. The summed E-state index contributed by atoms with van der Waals surface area (Å²) in [7, 11) is -0.807. The van der Waals surface area contributed by atoms with Gasteiger partial charge in [0.2, 0.25) is 0 Å². The van der Waals surface area contributed by atoms with Gasteiger partial charge in [0, 0.05) is 51.8 Å². The molecule has 5 nitrogen and oxygen atoms in total. The van der Waals surface area contributed by atoms with Gasteiger partial charge in [0.05, 0.1) is 0 Å². The second-order valence-corrected chi connectivity index (χ2v) is 12.2. The van der Waals surface area contributed by atoms with E-state index in [2.05, 4.69) is 0 Å². The standard InChI is InChI=1S/C9H21ClO3Si.C6H15ClO2Si/c1-4-11-14(12-5-2,13-6-3)9-7-8-10;1-8-10(3,9-2)6-4-5-7/h4-9H2,1-3H3;4-6H2,1-3H3. The van der Waals surface area contributed by atoms with Crippen LogP contribution in [0.2, 0.25) is 18.6 Å². The van der Waals surface area contributed by atoms with E-state index in [0.29, 0.717) is 31.6 Å². The Labute approximate surface area is 160 Å². The summed E-state index contributed by atoms with van der Waals surface area (Å²) in [5.74, 6) is 1.32. The third-order valence-electron chi connectivity index (χ3n) is 3.34. The van der Waals surface area contributed by atoms with Crippen molar-refractivity contribution in [3.8, 4) is 0 Å². The van der Waals surface area contributed by atoms with Crippen molar-refractivity contribution >= 4 is 40.6 Å². The van der Waals surface area contributed by atoms with Crippen LogP contribution in [0.25, 0.3) is 0 Å². The van der Waals surface area contributed by atoms with E-state index in [0.717, 1.165) is 24.9 Å². The van der Waals surface area contributed by atoms with E-state index in [1.165, 1.54) is 0 Å². The quantitative estimate of drug-likeness (QED) is 0.301. The lowest BCUT2D eigenvalue weighted by atomic mass is 10.6. The van der Waals surface area contributed by atoms with E-state index in [4.69, 9.17) is 45.3 Å². The number of hydrogen-bond acceptors (Lipinski definition) is 5. The Bertz CT molecular complexity index is 255. The molecule has 0 radical (unpaired) electrons. The Kier molecular flexibility index (Phi) is 19.4. The topological polar surface area (TPSA) is 46.2 Å². The number of alkyl halides is 2. The van der Waals surface area contributed by atoms with Gasteiger partial charge >= 0.3 is 17.4 Å². The predicted molar refractivity (Wildman–Crippen MR) is 107 cm³/mol. The molecule has 0 rings (SSSR count). The monoisotopic (exact) mass is 422 g/mol. The van der Waals surface area contributed by atoms with Crippen LogP contribution < -0.4 is 0 Å². The molecule has 0 saturated carbocycles. The molecular weight excluding hydrogens is 387 g/mol. The minimum Gasteiger partial charge on any atom is -0.398 e. The zero-order chi connectivity index (χ0) is 18.9. The summed E-state index contributed by atoms with van der Waals surface area (Å²) in [5, 5.41) is 0. The Morgan fingerprint density at radius 3 is 1.38 bits per heavy atom. The van der Waals surface area contributed by atoms with Gasteiger partial charge in [-0.1, -0.05) is 0 Å². The van der Waals surface area contributed by atoms with E-state index < -0.39 is 17.4 Å². The molecule has 0 aromatic rings. The zero-order valence-corrected chi connectivity index (χ0v) is 19.7. The Hall–Kier alpha value is 0.814. The van der Waals surface area contributed by atoms with Crippen LogP contribution >= 0.6 is 23.2 Å². The van der Waals surface area contributed by atoms with Crippen LogP contribution in [0.4, 0.5) is 0 Å². The molecule has 0 aromatic carbocycles. The summed E-state index contributed by atoms with van der Waals surface area (Å²) in [6, 6.07) is 1.79. The van der Waals surface area contributed by atoms with Crippen molar-refractivity contribution in [3.05, 3.63) is 0 Å². The molecule has 0 fully saturated rings. The van der Waals surface area contributed by atoms with E-state index in [1.807, 2.05) is 27.3 Å². The summed E-state index contributed by atoms with van der Waals surface area (Å²) in [4.78, 5) is 0. The van der Waals surface area contributed by atoms with Gasteiger partial charge in [0.15, 0.2) is 0 Å². The third-order valence-corrected chi connectivity index (χ3v) is 10.0. The first-order valence-electron chi connectivity index (χ1n) is 8.57. The largest absolute Gasteiger partial charge is 0.500 e. The second-order valence-electron chi connectivity index (χ2n) is 5.11. The lowest BCUT2D eigenvalue weighted by molar-refractivity contribution is 0.0712. The molecule has 0 N–H and O–H groups in total. The Morgan fingerprint density at radius 1 is 0.708 bits per heavy atom. The molecule has 0 aliphatic rings. The second kappa shape index (κ2) is 17.2. The molecule has 0 amide bonds. The molecule has 0 aliphatic carbocycles. The minimum atomic E-state index is -2.40. The van der Waals surface area contributed by atoms with Crippen LogP contribution in [0.15, 0.2) is 0 Å². The van der Waals surface area contributed by atoms with Gasteiger partial charge in [-0.15, -0.1) is 23.2 Å². The first-order valence-corrected chi connectivity index (χ1v) is 14.1. The van der Waals surface area contributed by atoms with Gasteiger partial charge in [-0.05, 0) is 46.2 Å². The van der Waals surface area contributed by atoms with Crippen LogP contribution in [0.1, 0.15) is 33.6 Å². The summed E-state index contributed by atoms with van der Waals surface area (Å²) >= 11 is 11.2. The average molecular weight is 424 g/mol. The SMILES string of the molecule is CCO[Si](CCCCl)(OCC)OCC.CO[Si](C)(CCCCl)OC. The van der Waals surface area contributed by atoms with Crippen LogP contribution in [0, 0.1) is 0 Å². The van der Waals surface area contributed by atoms with Crippen molar-refractivity contribution < 1.29 is 22.1 Å². The Morgan fingerprint density at radius 2 is 1.08 bits per heavy atom. The summed E-state index contributed by atoms with van der Waals surface area (Å²) in [5.41, 5.74) is 0. The van der Waals surface area contributed by atoms with Gasteiger partial charge in [-0.25, -0.2) is 0 Å². The van der Waals surface area contributed by atoms with Crippen molar-refractivity contribution in [1.82, 2.24) is 0 Å². The average Bonchev–Trinajstić information content (AvgIpc) is 2.59. The van der Waals surface area contributed by atoms with E-state index in [-0.39, 0.29) is 0 Å². The van der Waals surface area contributed by atoms with Crippen LogP contribution in [0.5, 0.6) is 0 Å². The molecule has 24 heavy (non-hydrogen) atoms. The number of rotatable bonds is 14. The summed E-state index contributed by atoms with van der Waals surface area (Å²) in [6.07, 6.45) is 1.86. The molecule has 0 saturated heterocycles. The van der Waals surface area contributed by atoms with Gasteiger partial charge in [0.1, 0.15) is 0 Å². The molecule has 0 heterocycles. The van der Waals surface area contributed by atoms with Gasteiger partial charge in [-0.3, -0.25) is 0 Å². The molecule has 0 aromatic heterocycles. The molecule has 0 bridgehead atoms. The molecule has 0 spiro atoms. The highest BCUT2D eigenvalue weighted by Gasteiger charge is 2.39. The van der Waals surface area contributed by atoms with Crippen molar-refractivity contribution in [1.29, 1.82) is 0 Å². The zero-order valence-electron chi connectivity index (χ0n) is 16.2. The molecule has 0 unspecified atom stereocenters. The summed E-state index contributed by atoms with van der Waals surface area (Å²) < 4.78 is 27.4. The maximum atomic E-state index is 5.66. The third kappa shape index (κ3) is 13.1. The van der Waals surface area contributed by atoms with Crippen molar-refractivity contribution in [3.63, 3.8) is 0 Å². The first-order chi connectivity index (χ1) is 11.4. The van der Waals surface area contributed by atoms with Crippen LogP contribution in [-0.4, -0.2) is 63.2 Å². The van der Waals surface area contributed by atoms with E-state index in [9.17, 15) is 0 Å². The fourth-order valence-electron chi connectivity index (χ4n) is 1.96. The minimum absolute atomic E-state index is 0.627. The highest BCUT2D eigenvalue weighted by molar-refractivity contribution is 6.66. The first kappa shape index (κ1) is 27.0. The van der Waals surface area contributed by atoms with Gasteiger partial charge < -0.3 is 22.1 Å². The fourth-order valence-corrected chi connectivity index (χ4v) is 6.68. The van der Waals surface area contributed by atoms with Gasteiger partial charge in [0.25, 0.3) is 0 Å². The molecule has 9 heteroatoms. The fraction of sp³-hybridized carbons (Fsp3) is 1.00. The van der Waals surface area contributed by atoms with Gasteiger partial charge in [-0.2, -0.15) is 0 Å². The maximum absolute atomic E-state index is 5.66. The van der Waals surface area contributed by atoms with Crippen LogP contribution in [0.3, 0.4) is 0 Å². The smallest absolute Gasteiger partial charge is 0.398 e. The van der Waals surface area contributed by atoms with E-state index >= 15 is 0 Å². The van der Waals surface area contributed by atoms with Crippen molar-refractivity contribution in [2.75, 3.05) is 45.8 Å². The van der Waals surface area contributed by atoms with Crippen molar-refractivity contribution in [2.24, 2.45) is 0 Å². The molecule has 0 atom stereocenters. The highest BCUT2D eigenvalue weighted by atomic mass is 35.5. The maximum Gasteiger partial charge on any atom is 0.500 e.